The fourth-order valence-electron chi connectivity index (χ4n) is 4.41. The van der Waals surface area contributed by atoms with E-state index in [9.17, 15) is 16.1 Å². The highest BCUT2D eigenvalue weighted by Crippen LogP contribution is 2.37. The second-order valence-corrected chi connectivity index (χ2v) is 11.1. The van der Waals surface area contributed by atoms with Crippen LogP contribution in [0.5, 0.6) is 0 Å². The molecule has 1 aromatic heterocycles. The van der Waals surface area contributed by atoms with Gasteiger partial charge in [0.15, 0.2) is 0 Å². The number of nitrogens with one attached hydrogen (secondary N) is 4. The molecule has 1 aliphatic heterocycles. The molecule has 0 spiro atoms. The van der Waals surface area contributed by atoms with Crippen LogP contribution in [-0.2, 0) is 0 Å². The van der Waals surface area contributed by atoms with Crippen molar-refractivity contribution in [1.29, 1.82) is 5.26 Å². The Bertz CT molecular complexity index is 1460. The summed E-state index contributed by atoms with van der Waals surface area (Å²) >= 11 is 0. The Morgan fingerprint density at radius 1 is 1.29 bits per heavy atom. The molecule has 0 saturated heterocycles. The van der Waals surface area contributed by atoms with Gasteiger partial charge in [-0.25, -0.2) is 4.39 Å². The molecule has 2 aliphatic rings. The summed E-state index contributed by atoms with van der Waals surface area (Å²) in [4.78, 5) is 4.52. The Morgan fingerprint density at radius 3 is 2.66 bits per heavy atom. The number of aliphatic hydroxyl groups is 1. The first-order valence-electron chi connectivity index (χ1n) is 13.3. The zero-order valence-corrected chi connectivity index (χ0v) is 22.1. The fourth-order valence-corrected chi connectivity index (χ4v) is 4.41. The van der Waals surface area contributed by atoms with Crippen molar-refractivity contribution >= 4 is 22.3 Å². The van der Waals surface area contributed by atoms with E-state index in [1.165, 1.54) is 18.3 Å². The molecule has 1 unspecified atom stereocenters. The second kappa shape index (κ2) is 10.1. The number of rotatable bonds is 8. The van der Waals surface area contributed by atoms with E-state index in [4.69, 9.17) is 0 Å². The van der Waals surface area contributed by atoms with Crippen LogP contribution in [0.4, 0.5) is 15.8 Å². The van der Waals surface area contributed by atoms with E-state index in [2.05, 4.69) is 53.4 Å². The van der Waals surface area contributed by atoms with Crippen molar-refractivity contribution in [2.45, 2.75) is 58.7 Å². The maximum atomic E-state index is 13.8. The highest BCUT2D eigenvalue weighted by atomic mass is 19.1. The number of fused-ring (bicyclic) bond motifs is 1. The van der Waals surface area contributed by atoms with Crippen LogP contribution in [0.2, 0.25) is 0 Å². The minimum atomic E-state index is -1.53. The van der Waals surface area contributed by atoms with Crippen LogP contribution in [-0.4, -0.2) is 27.7 Å². The van der Waals surface area contributed by atoms with Gasteiger partial charge in [0.1, 0.15) is 11.9 Å². The van der Waals surface area contributed by atoms with E-state index in [0.29, 0.717) is 57.3 Å². The smallest absolute Gasteiger partial charge is 0.123 e. The first-order valence-corrected chi connectivity index (χ1v) is 12.8. The molecule has 198 valence electrons. The summed E-state index contributed by atoms with van der Waals surface area (Å²) in [6.45, 7) is 8.57. The van der Waals surface area contributed by atoms with E-state index >= 15 is 0 Å². The molecule has 0 amide bonds. The molecular formula is C29H34FN7O. The van der Waals surface area contributed by atoms with Gasteiger partial charge >= 0.3 is 0 Å². The van der Waals surface area contributed by atoms with Crippen LogP contribution in [0.1, 0.15) is 70.7 Å². The molecule has 2 atom stereocenters. The van der Waals surface area contributed by atoms with Crippen LogP contribution >= 0.6 is 0 Å². The maximum absolute atomic E-state index is 13.8. The van der Waals surface area contributed by atoms with Gasteiger partial charge in [-0.05, 0) is 55.0 Å². The Balaban J connectivity index is 1.64. The van der Waals surface area contributed by atoms with Gasteiger partial charge in [-0.1, -0.05) is 32.9 Å². The standard InChI is InChI=1S/C29H34FN7O/c1-17(38)23-11-21(12-24-26(33-16-29(2,3)4)19(13-31)14-32-28(23)24)34-27(18-5-7-20(30)8-6-18)25-15-37(36-35-25)22-9-10-22/h5-8,11-12,14-15,17,22,27,34-36,38H,9-10,16H2,1-4H3,(H,32,33)/t17?,27-/m1/s1/i27D. The van der Waals surface area contributed by atoms with Crippen LogP contribution in [0.15, 0.2) is 54.5 Å². The van der Waals surface area contributed by atoms with Gasteiger partial charge in [-0.3, -0.25) is 9.99 Å². The Hall–Kier alpha value is -3.87. The van der Waals surface area contributed by atoms with Crippen molar-refractivity contribution in [3.63, 3.8) is 0 Å². The molecule has 3 aromatic rings. The zero-order valence-electron chi connectivity index (χ0n) is 23.1. The zero-order chi connectivity index (χ0) is 27.9. The molecule has 8 nitrogen and oxygen atoms in total. The van der Waals surface area contributed by atoms with Gasteiger partial charge in [-0.15, -0.1) is 5.53 Å². The normalized spacial score (nSPS) is 18.2. The van der Waals surface area contributed by atoms with Gasteiger partial charge in [0.2, 0.25) is 0 Å². The van der Waals surface area contributed by atoms with Crippen molar-refractivity contribution in [3.05, 3.63) is 77.0 Å². The monoisotopic (exact) mass is 516 g/mol. The van der Waals surface area contributed by atoms with Crippen molar-refractivity contribution in [2.24, 2.45) is 5.41 Å². The van der Waals surface area contributed by atoms with Crippen molar-refractivity contribution in [3.8, 4) is 6.07 Å². The van der Waals surface area contributed by atoms with Crippen molar-refractivity contribution in [2.75, 3.05) is 17.2 Å². The van der Waals surface area contributed by atoms with Gasteiger partial charge in [0.05, 0.1) is 36.0 Å². The van der Waals surface area contributed by atoms with E-state index < -0.39 is 12.1 Å². The van der Waals surface area contributed by atoms with Gasteiger partial charge in [-0.2, -0.15) is 5.26 Å². The number of hydrazine groups is 2. The number of benzene rings is 2. The second-order valence-electron chi connectivity index (χ2n) is 11.1. The molecule has 2 heterocycles. The average molecular weight is 517 g/mol. The van der Waals surface area contributed by atoms with E-state index in [0.717, 1.165) is 12.8 Å². The molecule has 38 heavy (non-hydrogen) atoms. The fraction of sp³-hybridized carbons (Fsp3) is 0.379. The lowest BCUT2D eigenvalue weighted by molar-refractivity contribution is 0.200. The maximum Gasteiger partial charge on any atom is 0.123 e. The minimum absolute atomic E-state index is 0.0504. The largest absolute Gasteiger partial charge is 0.389 e. The molecule has 2 aromatic carbocycles. The summed E-state index contributed by atoms with van der Waals surface area (Å²) in [6.07, 6.45) is 4.66. The Morgan fingerprint density at radius 2 is 2.03 bits per heavy atom. The van der Waals surface area contributed by atoms with Crippen LogP contribution < -0.4 is 21.6 Å². The summed E-state index contributed by atoms with van der Waals surface area (Å²) < 4.78 is 23.5. The van der Waals surface area contributed by atoms with Crippen LogP contribution in [0, 0.1) is 22.6 Å². The first-order chi connectivity index (χ1) is 18.5. The summed E-state index contributed by atoms with van der Waals surface area (Å²) in [5, 5.41) is 29.9. The SMILES string of the molecule is [2H][C@](Nc1cc(C(C)O)c2ncc(C#N)c(NCC(C)(C)C)c2c1)(C1=CN(C2CC2)NN1)c1ccc(F)cc1. The van der Waals surface area contributed by atoms with Gasteiger partial charge in [0.25, 0.3) is 0 Å². The summed E-state index contributed by atoms with van der Waals surface area (Å²) in [6, 6.07) is 10.5. The molecule has 1 fully saturated rings. The predicted octanol–water partition coefficient (Wildman–Crippen LogP) is 5.24. The van der Waals surface area contributed by atoms with Crippen LogP contribution in [0.25, 0.3) is 10.9 Å². The molecule has 9 heteroatoms. The lowest BCUT2D eigenvalue weighted by Gasteiger charge is -2.24. The van der Waals surface area contributed by atoms with Crippen molar-refractivity contribution < 1.29 is 10.9 Å². The summed E-state index contributed by atoms with van der Waals surface area (Å²) in [5.41, 5.74) is 9.94. The third-order valence-corrected chi connectivity index (χ3v) is 6.57. The van der Waals surface area contributed by atoms with Crippen molar-refractivity contribution in [1.82, 2.24) is 21.0 Å². The number of nitriles is 1. The minimum Gasteiger partial charge on any atom is -0.389 e. The Labute approximate surface area is 223 Å². The average Bonchev–Trinajstić information content (AvgIpc) is 3.62. The highest BCUT2D eigenvalue weighted by Gasteiger charge is 2.32. The lowest BCUT2D eigenvalue weighted by Crippen LogP contribution is -2.38. The summed E-state index contributed by atoms with van der Waals surface area (Å²) in [7, 11) is 0. The van der Waals surface area contributed by atoms with Gasteiger partial charge < -0.3 is 21.2 Å². The number of hydrogen-bond acceptors (Lipinski definition) is 8. The Kier molecular flexibility index (Phi) is 6.52. The number of nitrogens with zero attached hydrogens (tertiary/aromatic N) is 3. The molecule has 0 bridgehead atoms. The van der Waals surface area contributed by atoms with E-state index in [-0.39, 0.29) is 11.2 Å². The highest BCUT2D eigenvalue weighted by molar-refractivity contribution is 5.98. The van der Waals surface area contributed by atoms with E-state index in [1.807, 2.05) is 17.3 Å². The predicted molar refractivity (Wildman–Crippen MR) is 147 cm³/mol. The third kappa shape index (κ3) is 5.52. The molecular weight excluding hydrogens is 481 g/mol. The summed E-state index contributed by atoms with van der Waals surface area (Å²) in [5.74, 6) is -0.390. The number of anilines is 2. The third-order valence-electron chi connectivity index (χ3n) is 6.57. The first kappa shape index (κ1) is 24.5. The number of aliphatic hydroxyl groups excluding tert-OH is 1. The number of hydrogen-bond donors (Lipinski definition) is 5. The number of aromatic nitrogens is 1. The lowest BCUT2D eigenvalue weighted by atomic mass is 9.96. The van der Waals surface area contributed by atoms with E-state index in [1.54, 1.807) is 25.1 Å². The number of pyridine rings is 1. The van der Waals surface area contributed by atoms with Crippen LogP contribution in [0.3, 0.4) is 0 Å². The molecule has 5 rings (SSSR count). The topological polar surface area (TPSA) is 108 Å². The quantitative estimate of drug-likeness (QED) is 0.277. The molecule has 1 aliphatic carbocycles. The number of halogens is 1. The molecule has 5 N–H and O–H groups in total. The van der Waals surface area contributed by atoms with Gasteiger partial charge in [0, 0.05) is 41.6 Å². The molecule has 0 radical (unpaired) electrons. The molecule has 1 saturated carbocycles.